The molecule has 0 spiro atoms. The van der Waals surface area contributed by atoms with Crippen molar-refractivity contribution in [3.8, 4) is 0 Å². The van der Waals surface area contributed by atoms with Gasteiger partial charge < -0.3 is 4.79 Å². The maximum atomic E-state index is 12.0. The zero-order valence-electron chi connectivity index (χ0n) is 9.09. The number of carbonyl (C=O) groups is 2. The number of Topliss-reactive ketones (excluding diaryl/α,β-unsaturated/α-hetero) is 2. The van der Waals surface area contributed by atoms with Crippen molar-refractivity contribution in [2.45, 2.75) is 20.3 Å². The van der Waals surface area contributed by atoms with Crippen LogP contribution in [0.4, 0.5) is 0 Å². The molecule has 1 atom stereocenters. The molecule has 0 saturated heterocycles. The van der Waals surface area contributed by atoms with Crippen LogP contribution in [0.1, 0.15) is 30.6 Å². The lowest BCUT2D eigenvalue weighted by atomic mass is 9.95. The van der Waals surface area contributed by atoms with Gasteiger partial charge in [0.2, 0.25) is 0 Å². The first-order chi connectivity index (χ1) is 7.41. The summed E-state index contributed by atoms with van der Waals surface area (Å²) in [6.45, 7) is 3.17. The predicted octanol–water partition coefficient (Wildman–Crippen LogP) is 3.79. The Balaban J connectivity index is 2.95. The molecule has 0 heterocycles. The highest BCUT2D eigenvalue weighted by Crippen LogP contribution is 2.24. The van der Waals surface area contributed by atoms with E-state index in [1.807, 2.05) is 0 Å². The van der Waals surface area contributed by atoms with Crippen LogP contribution >= 0.6 is 23.2 Å². The van der Waals surface area contributed by atoms with E-state index < -0.39 is 0 Å². The predicted molar refractivity (Wildman–Crippen MR) is 65.3 cm³/mol. The molecule has 0 fully saturated rings. The summed E-state index contributed by atoms with van der Waals surface area (Å²) in [5, 5.41) is 0.826. The van der Waals surface area contributed by atoms with Gasteiger partial charge in [-0.15, -0.1) is 0 Å². The van der Waals surface area contributed by atoms with Gasteiger partial charge in [-0.1, -0.05) is 30.1 Å². The maximum absolute atomic E-state index is 12.0. The summed E-state index contributed by atoms with van der Waals surface area (Å²) < 4.78 is 0. The van der Waals surface area contributed by atoms with E-state index in [-0.39, 0.29) is 23.9 Å². The Morgan fingerprint density at radius 2 is 1.94 bits per heavy atom. The summed E-state index contributed by atoms with van der Waals surface area (Å²) in [7, 11) is 0. The van der Waals surface area contributed by atoms with Crippen molar-refractivity contribution in [1.29, 1.82) is 0 Å². The van der Waals surface area contributed by atoms with Gasteiger partial charge in [-0.2, -0.15) is 0 Å². The molecule has 0 aromatic heterocycles. The topological polar surface area (TPSA) is 34.1 Å². The normalized spacial score (nSPS) is 12.2. The Bertz CT molecular complexity index is 427. The van der Waals surface area contributed by atoms with Crippen molar-refractivity contribution >= 4 is 34.8 Å². The molecule has 86 valence electrons. The van der Waals surface area contributed by atoms with Crippen LogP contribution in [0.3, 0.4) is 0 Å². The van der Waals surface area contributed by atoms with E-state index in [0.717, 1.165) is 0 Å². The molecule has 4 heteroatoms. The van der Waals surface area contributed by atoms with Crippen LogP contribution in [0.25, 0.3) is 0 Å². The van der Waals surface area contributed by atoms with Crippen LogP contribution in [-0.2, 0) is 4.79 Å². The van der Waals surface area contributed by atoms with Crippen LogP contribution in [0.5, 0.6) is 0 Å². The first kappa shape index (κ1) is 13.2. The van der Waals surface area contributed by atoms with Crippen molar-refractivity contribution in [3.63, 3.8) is 0 Å². The molecule has 0 radical (unpaired) electrons. The van der Waals surface area contributed by atoms with Crippen LogP contribution in [-0.4, -0.2) is 11.6 Å². The number of halogens is 2. The lowest BCUT2D eigenvalue weighted by Crippen LogP contribution is -2.14. The number of hydrogen-bond donors (Lipinski definition) is 0. The molecule has 0 saturated carbocycles. The molecule has 0 aliphatic carbocycles. The fraction of sp³-hybridized carbons (Fsp3) is 0.333. The minimum atomic E-state index is -0.367. The molecule has 1 aromatic rings. The molecule has 0 aliphatic rings. The summed E-state index contributed by atoms with van der Waals surface area (Å²) in [6, 6.07) is 4.73. The smallest absolute Gasteiger partial charge is 0.167 e. The lowest BCUT2D eigenvalue weighted by Gasteiger charge is -2.10. The Hall–Kier alpha value is -0.860. The van der Waals surface area contributed by atoms with Gasteiger partial charge >= 0.3 is 0 Å². The summed E-state index contributed by atoms with van der Waals surface area (Å²) in [5.74, 6) is -0.532. The molecular formula is C12H12Cl2O2. The molecule has 1 unspecified atom stereocenters. The Morgan fingerprint density at radius 3 is 2.50 bits per heavy atom. The van der Waals surface area contributed by atoms with E-state index in [1.54, 1.807) is 19.1 Å². The number of hydrogen-bond acceptors (Lipinski definition) is 2. The second-order valence-electron chi connectivity index (χ2n) is 3.80. The molecule has 2 nitrogen and oxygen atoms in total. The molecule has 16 heavy (non-hydrogen) atoms. The summed E-state index contributed by atoms with van der Waals surface area (Å²) in [6.07, 6.45) is 0.224. The average Bonchev–Trinajstić information content (AvgIpc) is 2.19. The monoisotopic (exact) mass is 258 g/mol. The molecule has 1 aromatic carbocycles. The zero-order chi connectivity index (χ0) is 12.3. The number of benzene rings is 1. The molecule has 0 N–H and O–H groups in total. The van der Waals surface area contributed by atoms with Crippen LogP contribution in [0.15, 0.2) is 18.2 Å². The highest BCUT2D eigenvalue weighted by Gasteiger charge is 2.19. The van der Waals surface area contributed by atoms with E-state index in [2.05, 4.69) is 0 Å². The first-order valence-corrected chi connectivity index (χ1v) is 5.66. The van der Waals surface area contributed by atoms with Gasteiger partial charge in [0, 0.05) is 22.9 Å². The van der Waals surface area contributed by atoms with E-state index in [1.165, 1.54) is 13.0 Å². The highest BCUT2D eigenvalue weighted by molar-refractivity contribution is 6.36. The lowest BCUT2D eigenvalue weighted by molar-refractivity contribution is -0.117. The van der Waals surface area contributed by atoms with Crippen molar-refractivity contribution in [1.82, 2.24) is 0 Å². The molecule has 0 bridgehead atoms. The third-order valence-electron chi connectivity index (χ3n) is 2.24. The van der Waals surface area contributed by atoms with E-state index in [4.69, 9.17) is 23.2 Å². The molecular weight excluding hydrogens is 247 g/mol. The minimum Gasteiger partial charge on any atom is -0.300 e. The van der Waals surface area contributed by atoms with Crippen molar-refractivity contribution in [3.05, 3.63) is 33.8 Å². The molecule has 0 amide bonds. The third-order valence-corrected chi connectivity index (χ3v) is 2.80. The maximum Gasteiger partial charge on any atom is 0.167 e. The summed E-state index contributed by atoms with van der Waals surface area (Å²) in [5.41, 5.74) is 0.378. The zero-order valence-corrected chi connectivity index (χ0v) is 10.6. The largest absolute Gasteiger partial charge is 0.300 e. The third kappa shape index (κ3) is 3.32. The van der Waals surface area contributed by atoms with Gasteiger partial charge in [0.05, 0.1) is 5.02 Å². The fourth-order valence-corrected chi connectivity index (χ4v) is 1.86. The van der Waals surface area contributed by atoms with E-state index in [9.17, 15) is 9.59 Å². The average molecular weight is 259 g/mol. The first-order valence-electron chi connectivity index (χ1n) is 4.90. The van der Waals surface area contributed by atoms with Gasteiger partial charge in [0.25, 0.3) is 0 Å². The van der Waals surface area contributed by atoms with Gasteiger partial charge in [-0.3, -0.25) is 4.79 Å². The SMILES string of the molecule is CC(=O)CC(C)C(=O)c1cc(Cl)ccc1Cl. The second kappa shape index (κ2) is 5.46. The Labute approximate surface area is 105 Å². The molecule has 1 rings (SSSR count). The second-order valence-corrected chi connectivity index (χ2v) is 4.64. The van der Waals surface area contributed by atoms with Crippen LogP contribution in [0.2, 0.25) is 10.0 Å². The van der Waals surface area contributed by atoms with Gasteiger partial charge in [-0.25, -0.2) is 0 Å². The fourth-order valence-electron chi connectivity index (χ4n) is 1.48. The van der Waals surface area contributed by atoms with E-state index in [0.29, 0.717) is 15.6 Å². The Kier molecular flexibility index (Phi) is 4.51. The van der Waals surface area contributed by atoms with Gasteiger partial charge in [-0.05, 0) is 25.1 Å². The van der Waals surface area contributed by atoms with E-state index >= 15 is 0 Å². The quantitative estimate of drug-likeness (QED) is 0.771. The Morgan fingerprint density at radius 1 is 1.31 bits per heavy atom. The van der Waals surface area contributed by atoms with Crippen molar-refractivity contribution < 1.29 is 9.59 Å². The van der Waals surface area contributed by atoms with Crippen LogP contribution in [0, 0.1) is 5.92 Å². The minimum absolute atomic E-state index is 0.0148. The molecule has 0 aliphatic heterocycles. The summed E-state index contributed by atoms with van der Waals surface area (Å²) >= 11 is 11.7. The van der Waals surface area contributed by atoms with Gasteiger partial charge in [0.15, 0.2) is 5.78 Å². The number of rotatable bonds is 4. The van der Waals surface area contributed by atoms with Crippen molar-refractivity contribution in [2.75, 3.05) is 0 Å². The van der Waals surface area contributed by atoms with Crippen LogP contribution < -0.4 is 0 Å². The number of ketones is 2. The van der Waals surface area contributed by atoms with Gasteiger partial charge in [0.1, 0.15) is 5.78 Å². The number of carbonyl (C=O) groups excluding carboxylic acids is 2. The summed E-state index contributed by atoms with van der Waals surface area (Å²) in [4.78, 5) is 22.9. The highest BCUT2D eigenvalue weighted by atomic mass is 35.5. The standard InChI is InChI=1S/C12H12Cl2O2/c1-7(5-8(2)15)12(16)10-6-9(13)3-4-11(10)14/h3-4,6-7H,5H2,1-2H3. The van der Waals surface area contributed by atoms with Crippen molar-refractivity contribution in [2.24, 2.45) is 5.92 Å².